The number of hydrogen-bond donors (Lipinski definition) is 2. The maximum atomic E-state index is 12.8. The number of nitrogen functional groups attached to an aromatic ring is 1. The van der Waals surface area contributed by atoms with Crippen LogP contribution in [0.3, 0.4) is 0 Å². The number of nitrogens with two attached hydrogens (primary N) is 1. The minimum atomic E-state index is -1.26. The van der Waals surface area contributed by atoms with Crippen LogP contribution in [0.1, 0.15) is 48.3 Å². The molecular weight excluding hydrogens is 348 g/mol. The molecule has 0 aromatic carbocycles. The SMILES string of the molecule is Nc1nc2oc3cnc(/C=C/C4CCCCC4)nc3c(=O)c2cc1C(=O)O. The van der Waals surface area contributed by atoms with E-state index in [1.165, 1.54) is 31.5 Å². The number of anilines is 1. The third-order valence-electron chi connectivity index (χ3n) is 4.85. The lowest BCUT2D eigenvalue weighted by atomic mass is 9.89. The molecule has 0 radical (unpaired) electrons. The molecule has 0 amide bonds. The third kappa shape index (κ3) is 3.25. The Labute approximate surface area is 153 Å². The van der Waals surface area contributed by atoms with Gasteiger partial charge in [-0.3, -0.25) is 4.79 Å². The first-order valence-corrected chi connectivity index (χ1v) is 8.84. The number of aromatic carboxylic acids is 1. The Balaban J connectivity index is 1.80. The van der Waals surface area contributed by atoms with Crippen molar-refractivity contribution in [3.05, 3.63) is 40.0 Å². The Kier molecular flexibility index (Phi) is 4.31. The number of hydrogen-bond acceptors (Lipinski definition) is 7. The van der Waals surface area contributed by atoms with Gasteiger partial charge in [-0.2, -0.15) is 4.98 Å². The van der Waals surface area contributed by atoms with Gasteiger partial charge in [-0.25, -0.2) is 14.8 Å². The molecule has 8 heteroatoms. The van der Waals surface area contributed by atoms with Crippen LogP contribution in [0.15, 0.2) is 27.6 Å². The summed E-state index contributed by atoms with van der Waals surface area (Å²) in [5.74, 6) is -0.552. The fourth-order valence-electron chi connectivity index (χ4n) is 3.40. The molecule has 0 saturated heterocycles. The standard InChI is InChI=1S/C19H18N4O4/c20-17-12(19(25)26)8-11-16(24)15-13(27-18(11)23-17)9-21-14(22-15)7-6-10-4-2-1-3-5-10/h6-10H,1-5H2,(H2,20,23)(H,25,26)/b7-6+. The summed E-state index contributed by atoms with van der Waals surface area (Å²) >= 11 is 0. The van der Waals surface area contributed by atoms with Crippen molar-refractivity contribution in [2.24, 2.45) is 5.92 Å². The normalized spacial score (nSPS) is 15.7. The molecule has 0 spiro atoms. The number of fused-ring (bicyclic) bond motifs is 2. The van der Waals surface area contributed by atoms with E-state index in [-0.39, 0.29) is 33.6 Å². The topological polar surface area (TPSA) is 132 Å². The molecule has 138 valence electrons. The van der Waals surface area contributed by atoms with Crippen LogP contribution < -0.4 is 11.2 Å². The van der Waals surface area contributed by atoms with Crippen LogP contribution >= 0.6 is 0 Å². The maximum Gasteiger partial charge on any atom is 0.339 e. The molecule has 27 heavy (non-hydrogen) atoms. The van der Waals surface area contributed by atoms with Crippen molar-refractivity contribution in [2.75, 3.05) is 5.73 Å². The highest BCUT2D eigenvalue weighted by Gasteiger charge is 2.17. The summed E-state index contributed by atoms with van der Waals surface area (Å²) in [6, 6.07) is 1.17. The second-order valence-corrected chi connectivity index (χ2v) is 6.71. The molecule has 8 nitrogen and oxygen atoms in total. The highest BCUT2D eigenvalue weighted by molar-refractivity contribution is 5.97. The molecule has 3 aromatic rings. The monoisotopic (exact) mass is 366 g/mol. The molecule has 1 saturated carbocycles. The van der Waals surface area contributed by atoms with Crippen LogP contribution in [-0.4, -0.2) is 26.0 Å². The fraction of sp³-hybridized carbons (Fsp3) is 0.316. The largest absolute Gasteiger partial charge is 0.478 e. The van der Waals surface area contributed by atoms with Crippen molar-refractivity contribution in [3.63, 3.8) is 0 Å². The van der Waals surface area contributed by atoms with Gasteiger partial charge in [0.2, 0.25) is 11.1 Å². The van der Waals surface area contributed by atoms with E-state index in [9.17, 15) is 14.7 Å². The molecule has 0 atom stereocenters. The van der Waals surface area contributed by atoms with Crippen molar-refractivity contribution < 1.29 is 14.3 Å². The van der Waals surface area contributed by atoms with Gasteiger partial charge in [0.05, 0.1) is 11.6 Å². The van der Waals surface area contributed by atoms with Gasteiger partial charge in [0.1, 0.15) is 11.4 Å². The number of allylic oxidation sites excluding steroid dienone is 1. The lowest BCUT2D eigenvalue weighted by molar-refractivity contribution is 0.0698. The number of pyridine rings is 1. The summed E-state index contributed by atoms with van der Waals surface area (Å²) in [5.41, 5.74) is 5.14. The summed E-state index contributed by atoms with van der Waals surface area (Å²) in [5, 5.41) is 9.20. The maximum absolute atomic E-state index is 12.8. The van der Waals surface area contributed by atoms with Crippen molar-refractivity contribution in [2.45, 2.75) is 32.1 Å². The minimum absolute atomic E-state index is 0.0232. The molecular formula is C19H18N4O4. The van der Waals surface area contributed by atoms with E-state index in [0.717, 1.165) is 12.8 Å². The molecule has 0 aliphatic heterocycles. The molecule has 1 aliphatic rings. The molecule has 3 N–H and O–H groups in total. The van der Waals surface area contributed by atoms with Gasteiger partial charge < -0.3 is 15.3 Å². The zero-order chi connectivity index (χ0) is 19.0. The first kappa shape index (κ1) is 17.1. The number of aromatic nitrogens is 3. The summed E-state index contributed by atoms with van der Waals surface area (Å²) in [6.45, 7) is 0. The van der Waals surface area contributed by atoms with Crippen molar-refractivity contribution in [1.29, 1.82) is 0 Å². The number of carbonyl (C=O) groups is 1. The predicted octanol–water partition coefficient (Wildman–Crippen LogP) is 3.01. The quantitative estimate of drug-likeness (QED) is 0.676. The summed E-state index contributed by atoms with van der Waals surface area (Å²) < 4.78 is 5.56. The molecule has 0 unspecified atom stereocenters. The smallest absolute Gasteiger partial charge is 0.339 e. The average molecular weight is 366 g/mol. The molecule has 1 aliphatic carbocycles. The van der Waals surface area contributed by atoms with E-state index in [1.807, 2.05) is 6.08 Å². The molecule has 1 fully saturated rings. The van der Waals surface area contributed by atoms with Gasteiger partial charge in [0.15, 0.2) is 16.9 Å². The van der Waals surface area contributed by atoms with E-state index in [0.29, 0.717) is 11.7 Å². The van der Waals surface area contributed by atoms with Crippen LogP contribution in [-0.2, 0) is 0 Å². The third-order valence-corrected chi connectivity index (χ3v) is 4.85. The summed E-state index contributed by atoms with van der Waals surface area (Å²) in [6.07, 6.45) is 11.4. The fourth-order valence-corrected chi connectivity index (χ4v) is 3.40. The zero-order valence-corrected chi connectivity index (χ0v) is 14.5. The summed E-state index contributed by atoms with van der Waals surface area (Å²) in [4.78, 5) is 36.4. The summed E-state index contributed by atoms with van der Waals surface area (Å²) in [7, 11) is 0. The Morgan fingerprint density at radius 1 is 1.26 bits per heavy atom. The Hall–Kier alpha value is -3.29. The Morgan fingerprint density at radius 2 is 2.04 bits per heavy atom. The van der Waals surface area contributed by atoms with Crippen LogP contribution in [0.2, 0.25) is 0 Å². The number of carboxylic acids is 1. The predicted molar refractivity (Wildman–Crippen MR) is 100 cm³/mol. The highest BCUT2D eigenvalue weighted by atomic mass is 16.4. The zero-order valence-electron chi connectivity index (χ0n) is 14.5. The van der Waals surface area contributed by atoms with Gasteiger partial charge in [0, 0.05) is 0 Å². The lowest BCUT2D eigenvalue weighted by Gasteiger charge is -2.17. The van der Waals surface area contributed by atoms with E-state index >= 15 is 0 Å². The van der Waals surface area contributed by atoms with Crippen LogP contribution in [0.4, 0.5) is 5.82 Å². The van der Waals surface area contributed by atoms with E-state index in [2.05, 4.69) is 21.0 Å². The van der Waals surface area contributed by atoms with Crippen molar-refractivity contribution >= 4 is 40.1 Å². The first-order chi connectivity index (χ1) is 13.0. The number of carboxylic acid groups (broad SMARTS) is 1. The number of nitrogens with zero attached hydrogens (tertiary/aromatic N) is 3. The van der Waals surface area contributed by atoms with E-state index < -0.39 is 11.4 Å². The van der Waals surface area contributed by atoms with Crippen molar-refractivity contribution in [3.8, 4) is 0 Å². The van der Waals surface area contributed by atoms with Gasteiger partial charge in [0.25, 0.3) is 0 Å². The van der Waals surface area contributed by atoms with Crippen LogP contribution in [0, 0.1) is 5.92 Å². The van der Waals surface area contributed by atoms with Gasteiger partial charge in [-0.1, -0.05) is 25.3 Å². The minimum Gasteiger partial charge on any atom is -0.478 e. The van der Waals surface area contributed by atoms with Crippen molar-refractivity contribution in [1.82, 2.24) is 15.0 Å². The molecule has 0 bridgehead atoms. The average Bonchev–Trinajstić information content (AvgIpc) is 2.67. The Morgan fingerprint density at radius 3 is 2.78 bits per heavy atom. The molecule has 3 aromatic heterocycles. The lowest BCUT2D eigenvalue weighted by Crippen LogP contribution is -2.11. The first-order valence-electron chi connectivity index (χ1n) is 8.84. The number of rotatable bonds is 3. The van der Waals surface area contributed by atoms with Crippen LogP contribution in [0.5, 0.6) is 0 Å². The van der Waals surface area contributed by atoms with E-state index in [4.69, 9.17) is 10.2 Å². The van der Waals surface area contributed by atoms with Gasteiger partial charge in [-0.15, -0.1) is 0 Å². The van der Waals surface area contributed by atoms with Crippen LogP contribution in [0.25, 0.3) is 28.3 Å². The Bertz CT molecular complexity index is 1130. The highest BCUT2D eigenvalue weighted by Crippen LogP contribution is 2.25. The van der Waals surface area contributed by atoms with Gasteiger partial charge in [-0.05, 0) is 30.9 Å². The second-order valence-electron chi connectivity index (χ2n) is 6.71. The van der Waals surface area contributed by atoms with E-state index in [1.54, 1.807) is 0 Å². The van der Waals surface area contributed by atoms with Gasteiger partial charge >= 0.3 is 5.97 Å². The molecule has 4 rings (SSSR count). The molecule has 3 heterocycles. The second kappa shape index (κ2) is 6.79.